The monoisotopic (exact) mass is 382 g/mol. The van der Waals surface area contributed by atoms with E-state index in [1.54, 1.807) is 24.3 Å². The smallest absolute Gasteiger partial charge is 0.315 e. The van der Waals surface area contributed by atoms with Crippen molar-refractivity contribution in [2.45, 2.75) is 19.4 Å². The van der Waals surface area contributed by atoms with E-state index in [0.717, 1.165) is 5.56 Å². The van der Waals surface area contributed by atoms with Gasteiger partial charge >= 0.3 is 6.03 Å². The van der Waals surface area contributed by atoms with Crippen LogP contribution in [0.15, 0.2) is 48.5 Å². The summed E-state index contributed by atoms with van der Waals surface area (Å²) in [6.07, 6.45) is -1.95. The van der Waals surface area contributed by atoms with Gasteiger partial charge < -0.3 is 20.1 Å². The van der Waals surface area contributed by atoms with Crippen molar-refractivity contribution in [3.05, 3.63) is 59.9 Å². The average molecular weight is 382 g/mol. The first kappa shape index (κ1) is 20.4. The molecule has 27 heavy (non-hydrogen) atoms. The van der Waals surface area contributed by atoms with Crippen LogP contribution in [0.1, 0.15) is 12.0 Å². The summed E-state index contributed by atoms with van der Waals surface area (Å²) in [5, 5.41) is 5.35. The Kier molecular flexibility index (Phi) is 8.28. The number of amides is 2. The maximum atomic E-state index is 12.8. The van der Waals surface area contributed by atoms with Crippen LogP contribution >= 0.6 is 0 Å². The minimum absolute atomic E-state index is 0.240. The SMILES string of the molecule is O=C(NCCCOc1ccc(F)cc1)NCc1cccc(OCC(F)F)c1. The number of urea groups is 1. The van der Waals surface area contributed by atoms with Crippen molar-refractivity contribution in [3.8, 4) is 11.5 Å². The largest absolute Gasteiger partial charge is 0.494 e. The minimum Gasteiger partial charge on any atom is -0.494 e. The molecule has 0 saturated heterocycles. The number of alkyl halides is 2. The topological polar surface area (TPSA) is 59.6 Å². The van der Waals surface area contributed by atoms with Gasteiger partial charge in [0, 0.05) is 13.1 Å². The molecule has 2 aromatic rings. The van der Waals surface area contributed by atoms with Gasteiger partial charge in [-0.1, -0.05) is 12.1 Å². The Balaban J connectivity index is 1.60. The molecule has 0 unspecified atom stereocenters. The predicted octanol–water partition coefficient (Wildman–Crippen LogP) is 3.74. The number of benzene rings is 2. The fraction of sp³-hybridized carbons (Fsp3) is 0.316. The summed E-state index contributed by atoms with van der Waals surface area (Å²) in [5.41, 5.74) is 0.733. The molecule has 8 heteroatoms. The lowest BCUT2D eigenvalue weighted by atomic mass is 10.2. The van der Waals surface area contributed by atoms with Gasteiger partial charge in [-0.2, -0.15) is 0 Å². The van der Waals surface area contributed by atoms with Crippen molar-refractivity contribution in [2.24, 2.45) is 0 Å². The highest BCUT2D eigenvalue weighted by Crippen LogP contribution is 2.14. The van der Waals surface area contributed by atoms with Gasteiger partial charge in [0.15, 0.2) is 0 Å². The number of carbonyl (C=O) groups is 1. The molecule has 5 nitrogen and oxygen atoms in total. The number of rotatable bonds is 10. The van der Waals surface area contributed by atoms with Crippen molar-refractivity contribution in [1.82, 2.24) is 10.6 Å². The summed E-state index contributed by atoms with van der Waals surface area (Å²) in [7, 11) is 0. The molecular formula is C19H21F3N2O3. The number of ether oxygens (including phenoxy) is 2. The van der Waals surface area contributed by atoms with E-state index in [2.05, 4.69) is 10.6 Å². The fourth-order valence-corrected chi connectivity index (χ4v) is 2.14. The highest BCUT2D eigenvalue weighted by atomic mass is 19.3. The van der Waals surface area contributed by atoms with Crippen molar-refractivity contribution in [3.63, 3.8) is 0 Å². The summed E-state index contributed by atoms with van der Waals surface area (Å²) in [6.45, 7) is 0.362. The summed E-state index contributed by atoms with van der Waals surface area (Å²) in [6, 6.07) is 11.9. The molecule has 2 amide bonds. The first-order chi connectivity index (χ1) is 13.0. The van der Waals surface area contributed by atoms with Crippen LogP contribution in [0, 0.1) is 5.82 Å². The molecule has 0 aromatic heterocycles. The molecule has 0 heterocycles. The lowest BCUT2D eigenvalue weighted by molar-refractivity contribution is 0.0818. The second-order valence-corrected chi connectivity index (χ2v) is 5.61. The maximum Gasteiger partial charge on any atom is 0.315 e. The Bertz CT molecular complexity index is 712. The van der Waals surface area contributed by atoms with Gasteiger partial charge in [-0.3, -0.25) is 0 Å². The predicted molar refractivity (Wildman–Crippen MR) is 94.7 cm³/mol. The lowest BCUT2D eigenvalue weighted by Gasteiger charge is -2.10. The van der Waals surface area contributed by atoms with Crippen LogP contribution in [0.3, 0.4) is 0 Å². The van der Waals surface area contributed by atoms with Crippen LogP contribution in [0.4, 0.5) is 18.0 Å². The molecule has 0 atom stereocenters. The Morgan fingerprint density at radius 2 is 1.78 bits per heavy atom. The maximum absolute atomic E-state index is 12.8. The highest BCUT2D eigenvalue weighted by molar-refractivity contribution is 5.73. The van der Waals surface area contributed by atoms with Crippen LogP contribution in [0.5, 0.6) is 11.5 Å². The van der Waals surface area contributed by atoms with Gasteiger partial charge in [0.25, 0.3) is 6.43 Å². The molecule has 2 N–H and O–H groups in total. The molecule has 0 saturated carbocycles. The van der Waals surface area contributed by atoms with Crippen molar-refractivity contribution in [1.29, 1.82) is 0 Å². The molecule has 0 aliphatic rings. The van der Waals surface area contributed by atoms with Crippen LogP contribution < -0.4 is 20.1 Å². The number of carbonyl (C=O) groups excluding carboxylic acids is 1. The Labute approximate surface area is 155 Å². The van der Waals surface area contributed by atoms with Crippen LogP contribution in [-0.2, 0) is 6.54 Å². The quantitative estimate of drug-likeness (QED) is 0.616. The van der Waals surface area contributed by atoms with Gasteiger partial charge in [-0.05, 0) is 48.4 Å². The number of halogens is 3. The summed E-state index contributed by atoms with van der Waals surface area (Å²) in [5.74, 6) is 0.564. The van der Waals surface area contributed by atoms with Gasteiger partial charge in [0.1, 0.15) is 23.9 Å². The number of hydrogen-bond donors (Lipinski definition) is 2. The Morgan fingerprint density at radius 1 is 1.00 bits per heavy atom. The molecule has 0 radical (unpaired) electrons. The van der Waals surface area contributed by atoms with E-state index in [1.807, 2.05) is 0 Å². The number of hydrogen-bond acceptors (Lipinski definition) is 3. The third-order valence-electron chi connectivity index (χ3n) is 3.42. The van der Waals surface area contributed by atoms with Crippen LogP contribution in [-0.4, -0.2) is 32.2 Å². The standard InChI is InChI=1S/C19H21F3N2O3/c20-15-5-7-16(8-6-15)26-10-2-9-23-19(25)24-12-14-3-1-4-17(11-14)27-13-18(21)22/h1,3-8,11,18H,2,9-10,12-13H2,(H2,23,24,25). The third kappa shape index (κ3) is 8.35. The first-order valence-electron chi connectivity index (χ1n) is 8.43. The normalized spacial score (nSPS) is 10.5. The van der Waals surface area contributed by atoms with E-state index in [9.17, 15) is 18.0 Å². The molecular weight excluding hydrogens is 361 g/mol. The van der Waals surface area contributed by atoms with Gasteiger partial charge in [-0.25, -0.2) is 18.0 Å². The highest BCUT2D eigenvalue weighted by Gasteiger charge is 2.05. The Morgan fingerprint density at radius 3 is 2.52 bits per heavy atom. The van der Waals surface area contributed by atoms with Crippen molar-refractivity contribution in [2.75, 3.05) is 19.8 Å². The summed E-state index contributed by atoms with van der Waals surface area (Å²) < 4.78 is 47.4. The fourth-order valence-electron chi connectivity index (χ4n) is 2.14. The van der Waals surface area contributed by atoms with Gasteiger partial charge in [-0.15, -0.1) is 0 Å². The Hall–Kier alpha value is -2.90. The van der Waals surface area contributed by atoms with E-state index in [1.165, 1.54) is 24.3 Å². The second kappa shape index (κ2) is 10.9. The first-order valence-corrected chi connectivity index (χ1v) is 8.43. The lowest BCUT2D eigenvalue weighted by Crippen LogP contribution is -2.36. The van der Waals surface area contributed by atoms with E-state index in [4.69, 9.17) is 9.47 Å². The zero-order valence-corrected chi connectivity index (χ0v) is 14.6. The number of nitrogens with one attached hydrogen (secondary N) is 2. The summed E-state index contributed by atoms with van der Waals surface area (Å²) in [4.78, 5) is 11.8. The molecule has 146 valence electrons. The van der Waals surface area contributed by atoms with Gasteiger partial charge in [0.05, 0.1) is 6.61 Å². The molecule has 0 aliphatic carbocycles. The van der Waals surface area contributed by atoms with Gasteiger partial charge in [0.2, 0.25) is 0 Å². The molecule has 2 rings (SSSR count). The molecule has 0 bridgehead atoms. The van der Waals surface area contributed by atoms with E-state index < -0.39 is 13.0 Å². The zero-order chi connectivity index (χ0) is 19.5. The zero-order valence-electron chi connectivity index (χ0n) is 14.6. The minimum atomic E-state index is -2.54. The molecule has 0 spiro atoms. The second-order valence-electron chi connectivity index (χ2n) is 5.61. The van der Waals surface area contributed by atoms with Crippen molar-refractivity contribution >= 4 is 6.03 Å². The molecule has 2 aromatic carbocycles. The van der Waals surface area contributed by atoms with Crippen LogP contribution in [0.25, 0.3) is 0 Å². The van der Waals surface area contributed by atoms with E-state index in [-0.39, 0.29) is 18.4 Å². The van der Waals surface area contributed by atoms with E-state index >= 15 is 0 Å². The van der Waals surface area contributed by atoms with Crippen molar-refractivity contribution < 1.29 is 27.4 Å². The average Bonchev–Trinajstić information content (AvgIpc) is 2.66. The third-order valence-corrected chi connectivity index (χ3v) is 3.42. The van der Waals surface area contributed by atoms with Crippen LogP contribution in [0.2, 0.25) is 0 Å². The van der Waals surface area contributed by atoms with E-state index in [0.29, 0.717) is 31.1 Å². The molecule has 0 fully saturated rings. The summed E-state index contributed by atoms with van der Waals surface area (Å²) >= 11 is 0. The molecule has 0 aliphatic heterocycles.